The summed E-state index contributed by atoms with van der Waals surface area (Å²) < 4.78 is 4.80. The van der Waals surface area contributed by atoms with Crippen molar-refractivity contribution in [3.8, 4) is 5.69 Å². The average molecular weight is 596 g/mol. The molecule has 0 spiro atoms. The largest absolute Gasteiger partial charge is 0.313 e. The van der Waals surface area contributed by atoms with E-state index in [4.69, 9.17) is 4.99 Å². The molecule has 3 heteroatoms. The second-order valence-electron chi connectivity index (χ2n) is 12.5. The minimum Gasteiger partial charge on any atom is -0.313 e. The fourth-order valence-corrected chi connectivity index (χ4v) is 7.58. The maximum Gasteiger partial charge on any atom is 0.0662 e. The molecule has 1 aliphatic carbocycles. The summed E-state index contributed by atoms with van der Waals surface area (Å²) in [5.41, 5.74) is 10.7. The zero-order chi connectivity index (χ0) is 31.2. The van der Waals surface area contributed by atoms with E-state index in [1.165, 1.54) is 49.7 Å². The van der Waals surface area contributed by atoms with Gasteiger partial charge in [-0.1, -0.05) is 117 Å². The summed E-state index contributed by atoms with van der Waals surface area (Å²) in [5, 5.41) is 3.83. The smallest absolute Gasteiger partial charge is 0.0662 e. The van der Waals surface area contributed by atoms with E-state index in [2.05, 4.69) is 163 Å². The molecule has 4 aromatic carbocycles. The normalized spacial score (nSPS) is 19.7. The van der Waals surface area contributed by atoms with Crippen LogP contribution in [0.25, 0.3) is 55.9 Å². The van der Waals surface area contributed by atoms with Crippen molar-refractivity contribution < 1.29 is 0 Å². The van der Waals surface area contributed by atoms with Gasteiger partial charge in [0.05, 0.1) is 22.2 Å². The number of aromatic nitrogens is 2. The number of aliphatic imine (C=N–C) groups is 1. The molecule has 0 amide bonds. The van der Waals surface area contributed by atoms with Gasteiger partial charge in [0.25, 0.3) is 0 Å². The fraction of sp³-hybridized carbons (Fsp3) is 0.140. The summed E-state index contributed by atoms with van der Waals surface area (Å²) in [5.74, 6) is 1.14. The average Bonchev–Trinajstić information content (AvgIpc) is 3.59. The standard InChI is InChI=1S/C43H37N3/c1-4-5-15-35-30(3)45(41-19-9-6-16-36(35)41)33-14-12-13-32(26-33)40-27-31(24-25-44-40)39-28-34(23-22-29(39)2)46-42-20-10-7-17-37(42)38-18-8-11-21-43(38)46/h4-23,25-29,31,39H,1,24H2,2-3H3/b15-5-. The monoisotopic (exact) mass is 595 g/mol. The van der Waals surface area contributed by atoms with Gasteiger partial charge in [-0.05, 0) is 67.5 Å². The van der Waals surface area contributed by atoms with Gasteiger partial charge in [0.2, 0.25) is 0 Å². The quantitative estimate of drug-likeness (QED) is 0.171. The fourth-order valence-electron chi connectivity index (χ4n) is 7.58. The lowest BCUT2D eigenvalue weighted by molar-refractivity contribution is 0.399. The van der Waals surface area contributed by atoms with Crippen LogP contribution >= 0.6 is 0 Å². The molecular weight excluding hydrogens is 558 g/mol. The number of nitrogens with zero attached hydrogens (tertiary/aromatic N) is 3. The molecule has 0 N–H and O–H groups in total. The molecule has 3 heterocycles. The summed E-state index contributed by atoms with van der Waals surface area (Å²) in [6.45, 7) is 8.42. The molecule has 0 saturated heterocycles. The zero-order valence-corrected chi connectivity index (χ0v) is 26.3. The Morgan fingerprint density at radius 1 is 0.783 bits per heavy atom. The van der Waals surface area contributed by atoms with Crippen LogP contribution in [0.5, 0.6) is 0 Å². The summed E-state index contributed by atoms with van der Waals surface area (Å²) in [6, 6.07) is 35.0. The molecule has 2 aromatic heterocycles. The van der Waals surface area contributed by atoms with Crippen LogP contribution in [-0.4, -0.2) is 15.3 Å². The molecule has 0 saturated carbocycles. The van der Waals surface area contributed by atoms with E-state index in [-0.39, 0.29) is 0 Å². The van der Waals surface area contributed by atoms with Crippen LogP contribution in [0.15, 0.2) is 145 Å². The number of fused-ring (bicyclic) bond motifs is 4. The molecule has 2 aliphatic rings. The number of allylic oxidation sites excluding steroid dienone is 7. The Balaban J connectivity index is 1.17. The summed E-state index contributed by atoms with van der Waals surface area (Å²) in [4.78, 5) is 4.95. The Labute approximate surface area is 270 Å². The SMILES string of the molecule is C=C/C=C\c1c(C)n(-c2cccc(C3=CC(C4C=C(n5c6ccccc6c6ccccc65)C=CC4C)CC=N3)c2)c2ccccc12. The van der Waals surface area contributed by atoms with Gasteiger partial charge in [0, 0.05) is 50.6 Å². The predicted octanol–water partition coefficient (Wildman–Crippen LogP) is 11.0. The Morgan fingerprint density at radius 2 is 1.46 bits per heavy atom. The van der Waals surface area contributed by atoms with Gasteiger partial charge in [-0.15, -0.1) is 0 Å². The molecule has 8 rings (SSSR count). The predicted molar refractivity (Wildman–Crippen MR) is 197 cm³/mol. The third kappa shape index (κ3) is 4.62. The van der Waals surface area contributed by atoms with Gasteiger partial charge < -0.3 is 9.13 Å². The topological polar surface area (TPSA) is 22.2 Å². The number of rotatable bonds is 6. The van der Waals surface area contributed by atoms with Gasteiger partial charge in [-0.3, -0.25) is 4.99 Å². The molecule has 0 radical (unpaired) electrons. The van der Waals surface area contributed by atoms with E-state index in [0.29, 0.717) is 17.8 Å². The van der Waals surface area contributed by atoms with E-state index in [0.717, 1.165) is 23.4 Å². The highest BCUT2D eigenvalue weighted by molar-refractivity contribution is 6.10. The molecule has 46 heavy (non-hydrogen) atoms. The lowest BCUT2D eigenvalue weighted by Gasteiger charge is -2.31. The van der Waals surface area contributed by atoms with Crippen molar-refractivity contribution in [2.45, 2.75) is 20.3 Å². The van der Waals surface area contributed by atoms with Crippen molar-refractivity contribution in [1.29, 1.82) is 0 Å². The Kier molecular flexibility index (Phi) is 7.02. The Bertz CT molecular complexity index is 2240. The third-order valence-corrected chi connectivity index (χ3v) is 9.81. The first-order valence-electron chi connectivity index (χ1n) is 16.3. The molecule has 0 fully saturated rings. The molecule has 0 bridgehead atoms. The first kappa shape index (κ1) is 28.1. The maximum atomic E-state index is 4.95. The van der Waals surface area contributed by atoms with Crippen molar-refractivity contribution in [2.24, 2.45) is 22.7 Å². The second kappa shape index (κ2) is 11.5. The number of hydrogen-bond donors (Lipinski definition) is 0. The van der Waals surface area contributed by atoms with Crippen LogP contribution < -0.4 is 0 Å². The van der Waals surface area contributed by atoms with Crippen LogP contribution in [0, 0.1) is 24.7 Å². The minimum absolute atomic E-state index is 0.351. The highest BCUT2D eigenvalue weighted by atomic mass is 15.0. The van der Waals surface area contributed by atoms with E-state index in [1.54, 1.807) is 0 Å². The second-order valence-corrected chi connectivity index (χ2v) is 12.5. The van der Waals surface area contributed by atoms with Crippen molar-refractivity contribution >= 4 is 56.4 Å². The molecule has 6 aromatic rings. The van der Waals surface area contributed by atoms with Gasteiger partial charge in [0.15, 0.2) is 0 Å². The van der Waals surface area contributed by atoms with Crippen molar-refractivity contribution in [3.63, 3.8) is 0 Å². The highest BCUT2D eigenvalue weighted by Gasteiger charge is 2.28. The first-order chi connectivity index (χ1) is 22.6. The lowest BCUT2D eigenvalue weighted by Crippen LogP contribution is -2.22. The molecular formula is C43H37N3. The van der Waals surface area contributed by atoms with Crippen LogP contribution in [0.1, 0.15) is 30.2 Å². The third-order valence-electron chi connectivity index (χ3n) is 9.81. The van der Waals surface area contributed by atoms with Crippen molar-refractivity contribution in [1.82, 2.24) is 9.13 Å². The maximum absolute atomic E-state index is 4.95. The van der Waals surface area contributed by atoms with Gasteiger partial charge in [-0.25, -0.2) is 0 Å². The van der Waals surface area contributed by atoms with Crippen molar-refractivity contribution in [2.75, 3.05) is 0 Å². The Hall–Kier alpha value is -5.41. The van der Waals surface area contributed by atoms with E-state index >= 15 is 0 Å². The summed E-state index contributed by atoms with van der Waals surface area (Å²) >= 11 is 0. The molecule has 224 valence electrons. The number of para-hydroxylation sites is 3. The first-order valence-corrected chi connectivity index (χ1v) is 16.3. The van der Waals surface area contributed by atoms with E-state index < -0.39 is 0 Å². The molecule has 3 unspecified atom stereocenters. The van der Waals surface area contributed by atoms with Gasteiger partial charge >= 0.3 is 0 Å². The van der Waals surface area contributed by atoms with Crippen LogP contribution in [0.4, 0.5) is 0 Å². The number of hydrogen-bond acceptors (Lipinski definition) is 1. The van der Waals surface area contributed by atoms with E-state index in [9.17, 15) is 0 Å². The molecule has 1 aliphatic heterocycles. The van der Waals surface area contributed by atoms with Crippen LogP contribution in [0.2, 0.25) is 0 Å². The van der Waals surface area contributed by atoms with Gasteiger partial charge in [-0.2, -0.15) is 0 Å². The lowest BCUT2D eigenvalue weighted by atomic mass is 9.76. The number of benzene rings is 4. The summed E-state index contributed by atoms with van der Waals surface area (Å²) in [7, 11) is 0. The highest BCUT2D eigenvalue weighted by Crippen LogP contribution is 2.40. The van der Waals surface area contributed by atoms with Crippen LogP contribution in [-0.2, 0) is 0 Å². The van der Waals surface area contributed by atoms with Crippen molar-refractivity contribution in [3.05, 3.63) is 157 Å². The zero-order valence-electron chi connectivity index (χ0n) is 26.3. The molecule has 3 atom stereocenters. The summed E-state index contributed by atoms with van der Waals surface area (Å²) in [6.07, 6.45) is 18.7. The van der Waals surface area contributed by atoms with E-state index in [1.807, 2.05) is 12.2 Å². The van der Waals surface area contributed by atoms with Crippen LogP contribution in [0.3, 0.4) is 0 Å². The molecule has 3 nitrogen and oxygen atoms in total. The van der Waals surface area contributed by atoms with Gasteiger partial charge in [0.1, 0.15) is 0 Å². The Morgan fingerprint density at radius 3 is 2.17 bits per heavy atom. The minimum atomic E-state index is 0.351.